The molecule has 1 aromatic rings. The van der Waals surface area contributed by atoms with Crippen LogP contribution >= 0.6 is 11.3 Å². The highest BCUT2D eigenvalue weighted by Gasteiger charge is 2.14. The van der Waals surface area contributed by atoms with Crippen molar-refractivity contribution < 1.29 is 4.74 Å². The smallest absolute Gasteiger partial charge is 0.0946 e. The second-order valence-corrected chi connectivity index (χ2v) is 5.51. The highest BCUT2D eigenvalue weighted by molar-refractivity contribution is 7.11. The quantitative estimate of drug-likeness (QED) is 0.831. The van der Waals surface area contributed by atoms with Crippen LogP contribution in [0, 0.1) is 13.8 Å². The van der Waals surface area contributed by atoms with Gasteiger partial charge in [0.15, 0.2) is 0 Å². The molecule has 2 atom stereocenters. The first-order valence-corrected chi connectivity index (χ1v) is 6.51. The van der Waals surface area contributed by atoms with Crippen molar-refractivity contribution in [2.24, 2.45) is 0 Å². The maximum atomic E-state index is 5.29. The zero-order valence-corrected chi connectivity index (χ0v) is 11.6. The van der Waals surface area contributed by atoms with Gasteiger partial charge in [-0.25, -0.2) is 4.98 Å². The Morgan fingerprint density at radius 2 is 2.12 bits per heavy atom. The van der Waals surface area contributed by atoms with Crippen LogP contribution in [-0.2, 0) is 11.2 Å². The Morgan fingerprint density at radius 3 is 2.56 bits per heavy atom. The van der Waals surface area contributed by atoms with Crippen LogP contribution < -0.4 is 5.32 Å². The van der Waals surface area contributed by atoms with Crippen molar-refractivity contribution in [3.05, 3.63) is 15.6 Å². The molecular formula is C12H22N2OS. The largest absolute Gasteiger partial charge is 0.382 e. The van der Waals surface area contributed by atoms with Gasteiger partial charge < -0.3 is 10.1 Å². The molecule has 1 aromatic heterocycles. The minimum Gasteiger partial charge on any atom is -0.382 e. The molecular weight excluding hydrogens is 220 g/mol. The number of thiazole rings is 1. The molecule has 0 bridgehead atoms. The molecule has 1 N–H and O–H groups in total. The Hall–Kier alpha value is -0.450. The Morgan fingerprint density at radius 1 is 1.44 bits per heavy atom. The van der Waals surface area contributed by atoms with Crippen LogP contribution in [0.1, 0.15) is 28.9 Å². The van der Waals surface area contributed by atoms with Crippen LogP contribution in [0.25, 0.3) is 0 Å². The van der Waals surface area contributed by atoms with Gasteiger partial charge in [-0.2, -0.15) is 0 Å². The van der Waals surface area contributed by atoms with E-state index in [1.165, 1.54) is 9.88 Å². The number of hydrogen-bond donors (Lipinski definition) is 1. The number of methoxy groups -OCH3 is 1. The van der Waals surface area contributed by atoms with Crippen LogP contribution in [-0.4, -0.2) is 31.3 Å². The van der Waals surface area contributed by atoms with Crippen molar-refractivity contribution in [3.63, 3.8) is 0 Å². The average molecular weight is 242 g/mol. The fraction of sp³-hybridized carbons (Fsp3) is 0.750. The molecule has 1 heterocycles. The number of aromatic nitrogens is 1. The van der Waals surface area contributed by atoms with E-state index in [-0.39, 0.29) is 0 Å². The van der Waals surface area contributed by atoms with E-state index in [1.54, 1.807) is 18.4 Å². The summed E-state index contributed by atoms with van der Waals surface area (Å²) in [6, 6.07) is 0.444. The van der Waals surface area contributed by atoms with Crippen LogP contribution in [0.4, 0.5) is 0 Å². The second kappa shape index (κ2) is 6.33. The van der Waals surface area contributed by atoms with Gasteiger partial charge in [-0.3, -0.25) is 0 Å². The van der Waals surface area contributed by atoms with Crippen molar-refractivity contribution in [1.82, 2.24) is 10.3 Å². The molecule has 2 unspecified atom stereocenters. The number of aryl methyl sites for hydroxylation is 2. The molecule has 0 radical (unpaired) electrons. The van der Waals surface area contributed by atoms with Crippen LogP contribution in [0.2, 0.25) is 0 Å². The van der Waals surface area contributed by atoms with E-state index in [0.717, 1.165) is 18.5 Å². The Bertz CT molecular complexity index is 305. The highest BCUT2D eigenvalue weighted by Crippen LogP contribution is 2.19. The zero-order valence-electron chi connectivity index (χ0n) is 10.8. The van der Waals surface area contributed by atoms with E-state index in [0.29, 0.717) is 12.1 Å². The van der Waals surface area contributed by atoms with E-state index in [2.05, 4.69) is 31.1 Å². The molecule has 0 aliphatic heterocycles. The summed E-state index contributed by atoms with van der Waals surface area (Å²) >= 11 is 1.80. The molecule has 16 heavy (non-hydrogen) atoms. The SMILES string of the molecule is CNC(Cc1nc(C)c(C)s1)CC(C)OC. The summed E-state index contributed by atoms with van der Waals surface area (Å²) in [6.45, 7) is 6.30. The summed E-state index contributed by atoms with van der Waals surface area (Å²) in [4.78, 5) is 5.89. The third-order valence-corrected chi connectivity index (χ3v) is 4.02. The number of likely N-dealkylation sites (N-methyl/N-ethyl adjacent to an activating group) is 1. The zero-order chi connectivity index (χ0) is 12.1. The maximum absolute atomic E-state index is 5.29. The molecule has 0 saturated carbocycles. The van der Waals surface area contributed by atoms with Crippen molar-refractivity contribution in [1.29, 1.82) is 0 Å². The van der Waals surface area contributed by atoms with Crippen molar-refractivity contribution in [2.45, 2.75) is 45.8 Å². The fourth-order valence-corrected chi connectivity index (χ4v) is 2.65. The van der Waals surface area contributed by atoms with Crippen molar-refractivity contribution >= 4 is 11.3 Å². The van der Waals surface area contributed by atoms with Gasteiger partial charge >= 0.3 is 0 Å². The van der Waals surface area contributed by atoms with E-state index in [1.807, 2.05) is 7.05 Å². The lowest BCUT2D eigenvalue weighted by Gasteiger charge is -2.18. The van der Waals surface area contributed by atoms with Gasteiger partial charge in [0.1, 0.15) is 0 Å². The Balaban J connectivity index is 2.56. The molecule has 0 fully saturated rings. The lowest BCUT2D eigenvalue weighted by atomic mass is 10.1. The maximum Gasteiger partial charge on any atom is 0.0946 e. The van der Waals surface area contributed by atoms with Crippen molar-refractivity contribution in [2.75, 3.05) is 14.2 Å². The molecule has 0 spiro atoms. The first kappa shape index (κ1) is 13.6. The average Bonchev–Trinajstić information content (AvgIpc) is 2.56. The predicted molar refractivity (Wildman–Crippen MR) is 69.2 cm³/mol. The molecule has 0 amide bonds. The standard InChI is InChI=1S/C12H22N2OS/c1-8(15-5)6-11(13-4)7-12-14-9(2)10(3)16-12/h8,11,13H,6-7H2,1-5H3. The van der Waals surface area contributed by atoms with Crippen molar-refractivity contribution in [3.8, 4) is 0 Å². The molecule has 3 nitrogen and oxygen atoms in total. The van der Waals surface area contributed by atoms with Gasteiger partial charge in [0.2, 0.25) is 0 Å². The Labute approximate surface area is 102 Å². The van der Waals surface area contributed by atoms with Crippen LogP contribution in [0.3, 0.4) is 0 Å². The molecule has 0 aliphatic carbocycles. The van der Waals surface area contributed by atoms with Gasteiger partial charge in [0.25, 0.3) is 0 Å². The summed E-state index contributed by atoms with van der Waals surface area (Å²) in [6.07, 6.45) is 2.30. The third-order valence-electron chi connectivity index (χ3n) is 2.92. The minimum atomic E-state index is 0.291. The normalized spacial score (nSPS) is 15.1. The lowest BCUT2D eigenvalue weighted by Crippen LogP contribution is -2.31. The Kier molecular flexibility index (Phi) is 5.38. The number of ether oxygens (including phenoxy) is 1. The first-order valence-electron chi connectivity index (χ1n) is 5.69. The van der Waals surface area contributed by atoms with E-state index in [9.17, 15) is 0 Å². The van der Waals surface area contributed by atoms with Gasteiger partial charge in [-0.15, -0.1) is 11.3 Å². The van der Waals surface area contributed by atoms with Crippen LogP contribution in [0.15, 0.2) is 0 Å². The number of hydrogen-bond acceptors (Lipinski definition) is 4. The topological polar surface area (TPSA) is 34.2 Å². The highest BCUT2D eigenvalue weighted by atomic mass is 32.1. The van der Waals surface area contributed by atoms with Gasteiger partial charge in [-0.05, 0) is 34.2 Å². The molecule has 4 heteroatoms. The fourth-order valence-electron chi connectivity index (χ4n) is 1.64. The second-order valence-electron chi connectivity index (χ2n) is 4.22. The van der Waals surface area contributed by atoms with Crippen LogP contribution in [0.5, 0.6) is 0 Å². The van der Waals surface area contributed by atoms with E-state index < -0.39 is 0 Å². The lowest BCUT2D eigenvalue weighted by molar-refractivity contribution is 0.101. The van der Waals surface area contributed by atoms with Gasteiger partial charge in [0.05, 0.1) is 16.8 Å². The molecule has 92 valence electrons. The van der Waals surface area contributed by atoms with Gasteiger partial charge in [-0.1, -0.05) is 0 Å². The minimum absolute atomic E-state index is 0.291. The summed E-state index contributed by atoms with van der Waals surface area (Å²) in [5, 5.41) is 4.55. The van der Waals surface area contributed by atoms with Gasteiger partial charge in [0, 0.05) is 24.4 Å². The summed E-state index contributed by atoms with van der Waals surface area (Å²) < 4.78 is 5.29. The molecule has 0 aromatic carbocycles. The monoisotopic (exact) mass is 242 g/mol. The first-order chi connectivity index (χ1) is 7.56. The predicted octanol–water partition coefficient (Wildman–Crippen LogP) is 2.32. The van der Waals surface area contributed by atoms with E-state index in [4.69, 9.17) is 4.74 Å². The molecule has 0 aliphatic rings. The number of rotatable bonds is 6. The van der Waals surface area contributed by atoms with E-state index >= 15 is 0 Å². The molecule has 1 rings (SSSR count). The summed E-state index contributed by atoms with van der Waals surface area (Å²) in [5.41, 5.74) is 1.16. The third kappa shape index (κ3) is 3.85. The number of nitrogens with zero attached hydrogens (tertiary/aromatic N) is 1. The summed E-state index contributed by atoms with van der Waals surface area (Å²) in [5.74, 6) is 0. The summed E-state index contributed by atoms with van der Waals surface area (Å²) in [7, 11) is 3.76. The number of nitrogens with one attached hydrogen (secondary N) is 1. The molecule has 0 saturated heterocycles.